The van der Waals surface area contributed by atoms with E-state index in [2.05, 4.69) is 11.8 Å². The van der Waals surface area contributed by atoms with E-state index < -0.39 is 0 Å². The molecule has 0 spiro atoms. The van der Waals surface area contributed by atoms with Gasteiger partial charge < -0.3 is 10.5 Å². The second kappa shape index (κ2) is 6.83. The molecule has 4 heteroatoms. The molecular formula is C14H23FN2O. The Morgan fingerprint density at radius 2 is 2.11 bits per heavy atom. The Morgan fingerprint density at radius 1 is 1.44 bits per heavy atom. The molecule has 0 fully saturated rings. The smallest absolute Gasteiger partial charge is 0.123 e. The Hall–Kier alpha value is -0.970. The van der Waals surface area contributed by atoms with E-state index in [9.17, 15) is 4.39 Å². The number of likely N-dealkylation sites (N-methyl/N-ethyl adjacent to an activating group) is 1. The average molecular weight is 254 g/mol. The van der Waals surface area contributed by atoms with E-state index in [0.717, 1.165) is 11.1 Å². The number of hydrogen-bond acceptors (Lipinski definition) is 3. The van der Waals surface area contributed by atoms with Crippen LogP contribution in [0.15, 0.2) is 18.2 Å². The summed E-state index contributed by atoms with van der Waals surface area (Å²) in [5.74, 6) is -0.221. The van der Waals surface area contributed by atoms with Crippen LogP contribution in [-0.4, -0.2) is 38.3 Å². The van der Waals surface area contributed by atoms with Gasteiger partial charge in [-0.15, -0.1) is 0 Å². The van der Waals surface area contributed by atoms with Crippen molar-refractivity contribution in [2.75, 3.05) is 27.3 Å². The van der Waals surface area contributed by atoms with E-state index in [4.69, 9.17) is 10.5 Å². The lowest BCUT2D eigenvalue weighted by molar-refractivity contribution is 0.0908. The number of nitrogens with zero attached hydrogens (tertiary/aromatic N) is 1. The van der Waals surface area contributed by atoms with Crippen molar-refractivity contribution in [1.82, 2.24) is 4.90 Å². The van der Waals surface area contributed by atoms with Crippen LogP contribution < -0.4 is 5.73 Å². The number of benzene rings is 1. The monoisotopic (exact) mass is 254 g/mol. The van der Waals surface area contributed by atoms with Gasteiger partial charge in [0, 0.05) is 25.7 Å². The maximum absolute atomic E-state index is 13.4. The zero-order chi connectivity index (χ0) is 13.7. The standard InChI is InChI=1S/C14H23FN2O/c1-10-5-6-12(15)7-13(10)14(8-16)17(3)11(2)9-18-4/h5-7,11,14H,8-9,16H2,1-4H3. The first-order valence-electron chi connectivity index (χ1n) is 6.18. The van der Waals surface area contributed by atoms with Crippen LogP contribution in [0.3, 0.4) is 0 Å². The number of ether oxygens (including phenoxy) is 1. The molecule has 2 unspecified atom stereocenters. The molecule has 0 aromatic heterocycles. The summed E-state index contributed by atoms with van der Waals surface area (Å²) in [6, 6.07) is 5.08. The molecule has 0 saturated carbocycles. The Kier molecular flexibility index (Phi) is 5.72. The highest BCUT2D eigenvalue weighted by Crippen LogP contribution is 2.24. The minimum absolute atomic E-state index is 0.00542. The number of rotatable bonds is 6. The van der Waals surface area contributed by atoms with Crippen molar-refractivity contribution in [3.05, 3.63) is 35.1 Å². The molecular weight excluding hydrogens is 231 g/mol. The van der Waals surface area contributed by atoms with Gasteiger partial charge in [-0.25, -0.2) is 4.39 Å². The first-order chi connectivity index (χ1) is 8.51. The topological polar surface area (TPSA) is 38.5 Å². The van der Waals surface area contributed by atoms with Crippen molar-refractivity contribution in [2.24, 2.45) is 5.73 Å². The van der Waals surface area contributed by atoms with Crippen molar-refractivity contribution in [2.45, 2.75) is 25.9 Å². The summed E-state index contributed by atoms with van der Waals surface area (Å²) in [5, 5.41) is 0. The highest BCUT2D eigenvalue weighted by Gasteiger charge is 2.22. The predicted molar refractivity (Wildman–Crippen MR) is 72.0 cm³/mol. The molecule has 0 heterocycles. The molecule has 0 aliphatic heterocycles. The lowest BCUT2D eigenvalue weighted by Gasteiger charge is -2.33. The van der Waals surface area contributed by atoms with Gasteiger partial charge in [0.25, 0.3) is 0 Å². The normalized spacial score (nSPS) is 14.8. The molecule has 3 nitrogen and oxygen atoms in total. The van der Waals surface area contributed by atoms with Crippen molar-refractivity contribution < 1.29 is 9.13 Å². The second-order valence-electron chi connectivity index (χ2n) is 4.72. The minimum atomic E-state index is -0.221. The molecule has 0 radical (unpaired) electrons. The zero-order valence-corrected chi connectivity index (χ0v) is 11.6. The van der Waals surface area contributed by atoms with E-state index in [-0.39, 0.29) is 17.9 Å². The van der Waals surface area contributed by atoms with Gasteiger partial charge in [0.15, 0.2) is 0 Å². The Morgan fingerprint density at radius 3 is 2.67 bits per heavy atom. The summed E-state index contributed by atoms with van der Waals surface area (Å²) < 4.78 is 18.5. The summed E-state index contributed by atoms with van der Waals surface area (Å²) in [7, 11) is 3.67. The maximum atomic E-state index is 13.4. The van der Waals surface area contributed by atoms with Gasteiger partial charge in [-0.2, -0.15) is 0 Å². The average Bonchev–Trinajstić information content (AvgIpc) is 2.34. The van der Waals surface area contributed by atoms with Crippen molar-refractivity contribution in [1.29, 1.82) is 0 Å². The Balaban J connectivity index is 2.98. The fraction of sp³-hybridized carbons (Fsp3) is 0.571. The van der Waals surface area contributed by atoms with E-state index in [1.54, 1.807) is 19.2 Å². The largest absolute Gasteiger partial charge is 0.383 e. The molecule has 1 aromatic carbocycles. The second-order valence-corrected chi connectivity index (χ2v) is 4.72. The third-order valence-corrected chi connectivity index (χ3v) is 3.42. The highest BCUT2D eigenvalue weighted by atomic mass is 19.1. The van der Waals surface area contributed by atoms with Crippen LogP contribution in [0.2, 0.25) is 0 Å². The third kappa shape index (κ3) is 3.51. The zero-order valence-electron chi connectivity index (χ0n) is 11.6. The predicted octanol–water partition coefficient (Wildman–Crippen LogP) is 2.10. The molecule has 2 N–H and O–H groups in total. The van der Waals surface area contributed by atoms with E-state index in [1.807, 2.05) is 14.0 Å². The number of methoxy groups -OCH3 is 1. The van der Waals surface area contributed by atoms with Crippen LogP contribution in [0, 0.1) is 12.7 Å². The molecule has 0 saturated heterocycles. The molecule has 0 amide bonds. The van der Waals surface area contributed by atoms with Crippen molar-refractivity contribution >= 4 is 0 Å². The van der Waals surface area contributed by atoms with Gasteiger partial charge in [-0.05, 0) is 44.2 Å². The fourth-order valence-corrected chi connectivity index (χ4v) is 2.15. The fourth-order valence-electron chi connectivity index (χ4n) is 2.15. The van der Waals surface area contributed by atoms with Crippen molar-refractivity contribution in [3.63, 3.8) is 0 Å². The lowest BCUT2D eigenvalue weighted by atomic mass is 9.99. The summed E-state index contributed by atoms with van der Waals surface area (Å²) >= 11 is 0. The van der Waals surface area contributed by atoms with Crippen LogP contribution in [0.4, 0.5) is 4.39 Å². The van der Waals surface area contributed by atoms with Gasteiger partial charge in [-0.3, -0.25) is 4.90 Å². The number of aryl methyl sites for hydroxylation is 1. The molecule has 1 aromatic rings. The van der Waals surface area contributed by atoms with Crippen LogP contribution in [-0.2, 0) is 4.74 Å². The van der Waals surface area contributed by atoms with Gasteiger partial charge in [0.2, 0.25) is 0 Å². The molecule has 1 rings (SSSR count). The van der Waals surface area contributed by atoms with Gasteiger partial charge in [0.1, 0.15) is 5.82 Å². The molecule has 0 aliphatic carbocycles. The molecule has 102 valence electrons. The molecule has 18 heavy (non-hydrogen) atoms. The Bertz CT molecular complexity index is 384. The Labute approximate surface area is 109 Å². The minimum Gasteiger partial charge on any atom is -0.383 e. The van der Waals surface area contributed by atoms with Crippen molar-refractivity contribution in [3.8, 4) is 0 Å². The van der Waals surface area contributed by atoms with Gasteiger partial charge in [0.05, 0.1) is 6.61 Å². The maximum Gasteiger partial charge on any atom is 0.123 e. The summed E-state index contributed by atoms with van der Waals surface area (Å²) in [5.41, 5.74) is 7.86. The quantitative estimate of drug-likeness (QED) is 0.845. The summed E-state index contributed by atoms with van der Waals surface area (Å²) in [6.45, 7) is 5.13. The number of halogens is 1. The van der Waals surface area contributed by atoms with E-state index >= 15 is 0 Å². The van der Waals surface area contributed by atoms with Crippen LogP contribution >= 0.6 is 0 Å². The van der Waals surface area contributed by atoms with Gasteiger partial charge >= 0.3 is 0 Å². The van der Waals surface area contributed by atoms with Crippen LogP contribution in [0.25, 0.3) is 0 Å². The molecule has 2 atom stereocenters. The number of hydrogen-bond donors (Lipinski definition) is 1. The lowest BCUT2D eigenvalue weighted by Crippen LogP contribution is -2.39. The SMILES string of the molecule is COCC(C)N(C)C(CN)c1cc(F)ccc1C. The summed E-state index contributed by atoms with van der Waals surface area (Å²) in [4.78, 5) is 2.13. The highest BCUT2D eigenvalue weighted by molar-refractivity contribution is 5.30. The third-order valence-electron chi connectivity index (χ3n) is 3.42. The molecule has 0 bridgehead atoms. The summed E-state index contributed by atoms with van der Waals surface area (Å²) in [6.07, 6.45) is 0. The molecule has 0 aliphatic rings. The first kappa shape index (κ1) is 15.1. The van der Waals surface area contributed by atoms with Crippen LogP contribution in [0.5, 0.6) is 0 Å². The number of nitrogens with two attached hydrogens (primary N) is 1. The first-order valence-corrected chi connectivity index (χ1v) is 6.18. The van der Waals surface area contributed by atoms with E-state index in [0.29, 0.717) is 13.2 Å². The van der Waals surface area contributed by atoms with E-state index in [1.165, 1.54) is 6.07 Å². The van der Waals surface area contributed by atoms with Crippen LogP contribution in [0.1, 0.15) is 24.1 Å². The van der Waals surface area contributed by atoms with Gasteiger partial charge in [-0.1, -0.05) is 6.07 Å².